The summed E-state index contributed by atoms with van der Waals surface area (Å²) in [5.41, 5.74) is 0. The van der Waals surface area contributed by atoms with Crippen molar-refractivity contribution in [1.82, 2.24) is 0 Å². The Morgan fingerprint density at radius 1 is 0.789 bits per heavy atom. The quantitative estimate of drug-likeness (QED) is 0.421. The maximum atomic E-state index is 12.2. The molecular weight excluding hydrogens is 251 g/mol. The normalized spacial score (nSPS) is 16.0. The minimum absolute atomic E-state index is 0. The molecule has 0 aromatic heterocycles. The van der Waals surface area contributed by atoms with Gasteiger partial charge in [-0.3, -0.25) is 4.70 Å². The molecule has 0 radical (unpaired) electrons. The summed E-state index contributed by atoms with van der Waals surface area (Å²) in [5, 5.41) is 0. The number of allylic oxidation sites excluding steroid dienone is 4. The van der Waals surface area contributed by atoms with Crippen LogP contribution in [0.25, 0.3) is 0 Å². The van der Waals surface area contributed by atoms with Crippen molar-refractivity contribution in [3.05, 3.63) is 24.3 Å². The Morgan fingerprint density at radius 3 is 1.21 bits per heavy atom. The van der Waals surface area contributed by atoms with Crippen LogP contribution < -0.4 is 18.9 Å². The molecule has 19 heavy (non-hydrogen) atoms. The first-order chi connectivity index (χ1) is 7.31. The van der Waals surface area contributed by atoms with E-state index in [2.05, 4.69) is 0 Å². The average Bonchev–Trinajstić information content (AvgIpc) is 2.16. The SMILES string of the molecule is C.CC(F)C=CC(C)F.CC=CC(C)C(C)F.F.[Li+]. The van der Waals surface area contributed by atoms with Crippen molar-refractivity contribution in [3.63, 3.8) is 0 Å². The Morgan fingerprint density at radius 2 is 1.11 bits per heavy atom. The Bertz CT molecular complexity index is 192. The van der Waals surface area contributed by atoms with Gasteiger partial charge in [0.15, 0.2) is 0 Å². The molecule has 0 fully saturated rings. The zero-order chi connectivity index (χ0) is 13.1. The van der Waals surface area contributed by atoms with Gasteiger partial charge in [-0.05, 0) is 27.7 Å². The summed E-state index contributed by atoms with van der Waals surface area (Å²) in [7, 11) is 0. The van der Waals surface area contributed by atoms with E-state index in [0.717, 1.165) is 0 Å². The Balaban J connectivity index is -0.0000000594. The predicted octanol–water partition coefficient (Wildman–Crippen LogP) is 2.61. The van der Waals surface area contributed by atoms with Crippen molar-refractivity contribution < 1.29 is 36.7 Å². The van der Waals surface area contributed by atoms with Crippen LogP contribution in [0.15, 0.2) is 24.3 Å². The molecule has 0 aliphatic heterocycles. The number of hydrogen-bond donors (Lipinski definition) is 0. The number of halogens is 4. The fourth-order valence-corrected chi connectivity index (χ4v) is 0.763. The standard InChI is InChI=1S/C7H13F.C6H10F2.CH4.FH.Li/c1-4-5-6(2)7(3)8;1-5(7)3-4-6(2)8;;;/h4-7H,1-3H3;3-6H,1-2H3;1H4;1H;/q;;;;+1. The third-order valence-electron chi connectivity index (χ3n) is 1.86. The van der Waals surface area contributed by atoms with Gasteiger partial charge in [0.2, 0.25) is 0 Å². The van der Waals surface area contributed by atoms with Gasteiger partial charge in [-0.25, -0.2) is 13.2 Å². The van der Waals surface area contributed by atoms with E-state index >= 15 is 0 Å². The molecule has 0 aromatic carbocycles. The van der Waals surface area contributed by atoms with Crippen molar-refractivity contribution in [3.8, 4) is 0 Å². The van der Waals surface area contributed by atoms with Gasteiger partial charge in [0.1, 0.15) is 18.5 Å². The van der Waals surface area contributed by atoms with Crippen LogP contribution in [0.2, 0.25) is 0 Å². The van der Waals surface area contributed by atoms with Crippen molar-refractivity contribution in [2.45, 2.75) is 60.6 Å². The van der Waals surface area contributed by atoms with E-state index in [4.69, 9.17) is 0 Å². The smallest absolute Gasteiger partial charge is 0.269 e. The van der Waals surface area contributed by atoms with Crippen LogP contribution in [-0.2, 0) is 0 Å². The maximum absolute atomic E-state index is 12.2. The van der Waals surface area contributed by atoms with Gasteiger partial charge in [-0.15, -0.1) is 0 Å². The summed E-state index contributed by atoms with van der Waals surface area (Å²) < 4.78 is 35.8. The van der Waals surface area contributed by atoms with Crippen LogP contribution in [0.3, 0.4) is 0 Å². The molecule has 0 spiro atoms. The van der Waals surface area contributed by atoms with Crippen LogP contribution in [0.4, 0.5) is 17.9 Å². The summed E-state index contributed by atoms with van der Waals surface area (Å²) in [6.45, 7) is 8.06. The molecule has 5 heteroatoms. The molecular formula is C14H28F4Li+. The van der Waals surface area contributed by atoms with E-state index in [-0.39, 0.29) is 36.9 Å². The molecule has 4 unspecified atom stereocenters. The summed E-state index contributed by atoms with van der Waals surface area (Å²) >= 11 is 0. The molecule has 0 bridgehead atoms. The average molecular weight is 279 g/mol. The van der Waals surface area contributed by atoms with Crippen molar-refractivity contribution >= 4 is 0 Å². The van der Waals surface area contributed by atoms with Gasteiger partial charge in [-0.1, -0.05) is 38.7 Å². The van der Waals surface area contributed by atoms with Gasteiger partial charge in [0, 0.05) is 5.92 Å². The third kappa shape index (κ3) is 31.9. The summed E-state index contributed by atoms with van der Waals surface area (Å²) in [6, 6.07) is 0. The Labute approximate surface area is 128 Å². The van der Waals surface area contributed by atoms with E-state index < -0.39 is 18.5 Å². The fourth-order valence-electron chi connectivity index (χ4n) is 0.763. The van der Waals surface area contributed by atoms with Gasteiger partial charge in [-0.2, -0.15) is 0 Å². The van der Waals surface area contributed by atoms with Crippen LogP contribution in [0, 0.1) is 5.92 Å². The molecule has 4 atom stereocenters. The molecule has 0 nitrogen and oxygen atoms in total. The fraction of sp³-hybridized carbons (Fsp3) is 0.714. The summed E-state index contributed by atoms with van der Waals surface area (Å²) in [6.07, 6.45) is 3.36. The van der Waals surface area contributed by atoms with E-state index in [1.807, 2.05) is 26.0 Å². The second-order valence-electron chi connectivity index (χ2n) is 3.80. The second-order valence-corrected chi connectivity index (χ2v) is 3.80. The molecule has 0 aromatic rings. The zero-order valence-electron chi connectivity index (χ0n) is 12.2. The molecule has 0 saturated heterocycles. The van der Waals surface area contributed by atoms with Crippen LogP contribution in [0.5, 0.6) is 0 Å². The Kier molecular flexibility index (Phi) is 33.1. The molecule has 0 aliphatic carbocycles. The molecule has 0 saturated carbocycles. The minimum atomic E-state index is -1.03. The minimum Gasteiger partial charge on any atom is -0.269 e. The van der Waals surface area contributed by atoms with E-state index in [1.54, 1.807) is 6.92 Å². The van der Waals surface area contributed by atoms with Gasteiger partial charge < -0.3 is 0 Å². The molecule has 0 rings (SSSR count). The molecule has 0 heterocycles. The maximum Gasteiger partial charge on any atom is 1.00 e. The number of alkyl halides is 3. The summed E-state index contributed by atoms with van der Waals surface area (Å²) in [5.74, 6) is 0.0694. The van der Waals surface area contributed by atoms with Gasteiger partial charge >= 0.3 is 18.9 Å². The molecule has 112 valence electrons. The van der Waals surface area contributed by atoms with Gasteiger partial charge in [0.25, 0.3) is 0 Å². The largest absolute Gasteiger partial charge is 1.00 e. The first kappa shape index (κ1) is 31.3. The zero-order valence-corrected chi connectivity index (χ0v) is 12.2. The van der Waals surface area contributed by atoms with Crippen molar-refractivity contribution in [2.24, 2.45) is 5.92 Å². The topological polar surface area (TPSA) is 0 Å². The van der Waals surface area contributed by atoms with E-state index in [9.17, 15) is 13.2 Å². The van der Waals surface area contributed by atoms with Crippen molar-refractivity contribution in [2.75, 3.05) is 0 Å². The molecule has 0 aliphatic rings. The predicted molar refractivity (Wildman–Crippen MR) is 74.1 cm³/mol. The van der Waals surface area contributed by atoms with Crippen molar-refractivity contribution in [1.29, 1.82) is 0 Å². The van der Waals surface area contributed by atoms with Crippen LogP contribution in [0.1, 0.15) is 42.0 Å². The number of rotatable bonds is 4. The number of hydrogen-bond acceptors (Lipinski definition) is 0. The first-order valence-electron chi connectivity index (χ1n) is 5.54. The summed E-state index contributed by atoms with van der Waals surface area (Å²) in [4.78, 5) is 0. The second kappa shape index (κ2) is 20.1. The van der Waals surface area contributed by atoms with E-state index in [0.29, 0.717) is 0 Å². The van der Waals surface area contributed by atoms with Crippen LogP contribution >= 0.6 is 0 Å². The van der Waals surface area contributed by atoms with Gasteiger partial charge in [0.05, 0.1) is 0 Å². The molecule has 0 N–H and O–H groups in total. The van der Waals surface area contributed by atoms with E-state index in [1.165, 1.54) is 26.0 Å². The third-order valence-corrected chi connectivity index (χ3v) is 1.86. The molecule has 0 amide bonds. The first-order valence-corrected chi connectivity index (χ1v) is 5.54. The Hall–Kier alpha value is -0.203. The monoisotopic (exact) mass is 279 g/mol. The van der Waals surface area contributed by atoms with Crippen LogP contribution in [-0.4, -0.2) is 18.5 Å².